The highest BCUT2D eigenvalue weighted by atomic mass is 127. The van der Waals surface area contributed by atoms with Crippen LogP contribution < -0.4 is 0 Å². The third-order valence-corrected chi connectivity index (χ3v) is 5.09. The minimum atomic E-state index is -1.11. The normalized spacial score (nSPS) is 10.7. The summed E-state index contributed by atoms with van der Waals surface area (Å²) < 4.78 is 1.15. The van der Waals surface area contributed by atoms with Crippen LogP contribution in [0.4, 0.5) is 0 Å². The predicted molar refractivity (Wildman–Crippen MR) is 120 cm³/mol. The highest BCUT2D eigenvalue weighted by Crippen LogP contribution is 2.30. The van der Waals surface area contributed by atoms with Gasteiger partial charge in [0.15, 0.2) is 0 Å². The van der Waals surface area contributed by atoms with Gasteiger partial charge in [-0.1, -0.05) is 57.2 Å². The monoisotopic (exact) mass is 490 g/mol. The van der Waals surface area contributed by atoms with E-state index in [2.05, 4.69) is 67.6 Å². The van der Waals surface area contributed by atoms with Crippen LogP contribution in [-0.2, 0) is 5.41 Å². The Morgan fingerprint density at radius 1 is 0.893 bits per heavy atom. The lowest BCUT2D eigenvalue weighted by molar-refractivity contribution is 0.0693. The van der Waals surface area contributed by atoms with Gasteiger partial charge in [-0.3, -0.25) is 0 Å². The zero-order valence-electron chi connectivity index (χ0n) is 16.0. The molecule has 0 aromatic heterocycles. The van der Waals surface area contributed by atoms with Crippen molar-refractivity contribution in [2.45, 2.75) is 26.2 Å². The molecule has 0 aliphatic carbocycles. The maximum absolute atomic E-state index is 10.3. The first-order chi connectivity index (χ1) is 13.1. The fourth-order valence-electron chi connectivity index (χ4n) is 2.54. The Hall–Kier alpha value is -2.54. The van der Waals surface area contributed by atoms with Gasteiger partial charge < -0.3 is 15.3 Å². The number of hydrogen-bond donors (Lipinski definition) is 3. The summed E-state index contributed by atoms with van der Waals surface area (Å²) in [5, 5.41) is 26.9. The summed E-state index contributed by atoms with van der Waals surface area (Å²) in [4.78, 5) is 10.3. The van der Waals surface area contributed by atoms with E-state index < -0.39 is 5.97 Å². The van der Waals surface area contributed by atoms with Crippen molar-refractivity contribution in [3.8, 4) is 22.6 Å². The fraction of sp³-hybridized carbons (Fsp3) is 0.174. The number of benzene rings is 3. The van der Waals surface area contributed by atoms with Gasteiger partial charge in [-0.15, -0.1) is 0 Å². The summed E-state index contributed by atoms with van der Waals surface area (Å²) in [6.07, 6.45) is 0. The first-order valence-corrected chi connectivity index (χ1v) is 9.78. The van der Waals surface area contributed by atoms with Crippen molar-refractivity contribution in [1.29, 1.82) is 0 Å². The molecule has 4 nitrogen and oxygen atoms in total. The molecule has 0 aliphatic rings. The Morgan fingerprint density at radius 2 is 1.50 bits per heavy atom. The van der Waals surface area contributed by atoms with Crippen molar-refractivity contribution in [1.82, 2.24) is 0 Å². The van der Waals surface area contributed by atoms with Crippen molar-refractivity contribution in [2.24, 2.45) is 0 Å². The van der Waals surface area contributed by atoms with Crippen molar-refractivity contribution >= 4 is 28.6 Å². The Morgan fingerprint density at radius 3 is 2.00 bits per heavy atom. The summed E-state index contributed by atoms with van der Waals surface area (Å²) in [6.45, 7) is 6.63. The number of aromatic carboxylic acids is 1. The van der Waals surface area contributed by atoms with E-state index in [1.165, 1.54) is 17.7 Å². The second-order valence-electron chi connectivity index (χ2n) is 7.31. The molecule has 5 heteroatoms. The highest BCUT2D eigenvalue weighted by molar-refractivity contribution is 14.1. The van der Waals surface area contributed by atoms with Crippen LogP contribution in [0.1, 0.15) is 36.7 Å². The lowest BCUT2D eigenvalue weighted by Gasteiger charge is -2.19. The number of carboxylic acids is 1. The molecule has 0 heterocycles. The topological polar surface area (TPSA) is 77.8 Å². The maximum Gasteiger partial charge on any atom is 0.339 e. The number of carbonyl (C=O) groups is 1. The molecule has 0 unspecified atom stereocenters. The minimum absolute atomic E-state index is 0.0671. The molecule has 0 saturated carbocycles. The Labute approximate surface area is 178 Å². The van der Waals surface area contributed by atoms with Crippen LogP contribution in [0.2, 0.25) is 0 Å². The number of phenols is 2. The van der Waals surface area contributed by atoms with Crippen LogP contribution in [0.5, 0.6) is 11.5 Å². The highest BCUT2D eigenvalue weighted by Gasteiger charge is 2.13. The second-order valence-corrected chi connectivity index (χ2v) is 8.48. The number of aromatic hydroxyl groups is 2. The van der Waals surface area contributed by atoms with Crippen molar-refractivity contribution in [2.75, 3.05) is 0 Å². The van der Waals surface area contributed by atoms with Gasteiger partial charge in [-0.25, -0.2) is 4.79 Å². The number of para-hydroxylation sites is 1. The number of carboxylic acid groups (broad SMARTS) is 1. The SMILES string of the molecule is CC(C)(C)c1ccc(-c2cc(O)ccc2I)cc1.O=C(O)c1ccccc1O. The standard InChI is InChI=1S/C16H17IO.C7H6O3/c1-16(2,3)12-6-4-11(5-7-12)14-10-13(18)8-9-15(14)17;8-6-4-2-1-3-5(6)7(9)10/h4-10,18H,1-3H3;1-4,8H,(H,9,10). The predicted octanol–water partition coefficient (Wildman–Crippen LogP) is 6.05. The van der Waals surface area contributed by atoms with Crippen molar-refractivity contribution < 1.29 is 20.1 Å². The third kappa shape index (κ3) is 5.73. The summed E-state index contributed by atoms with van der Waals surface area (Å²) in [5.41, 5.74) is 3.65. The molecule has 0 spiro atoms. The van der Waals surface area contributed by atoms with Crippen molar-refractivity contribution in [3.05, 3.63) is 81.4 Å². The average molecular weight is 490 g/mol. The van der Waals surface area contributed by atoms with Gasteiger partial charge in [-0.2, -0.15) is 0 Å². The molecule has 0 radical (unpaired) electrons. The lowest BCUT2D eigenvalue weighted by Crippen LogP contribution is -2.10. The molecule has 146 valence electrons. The van der Waals surface area contributed by atoms with Gasteiger partial charge in [0.25, 0.3) is 0 Å². The molecule has 3 aromatic rings. The lowest BCUT2D eigenvalue weighted by atomic mass is 9.86. The molecule has 0 fully saturated rings. The Bertz CT molecular complexity index is 957. The van der Waals surface area contributed by atoms with Crippen LogP contribution in [0.15, 0.2) is 66.7 Å². The van der Waals surface area contributed by atoms with Gasteiger partial charge in [0.05, 0.1) is 0 Å². The molecule has 3 rings (SSSR count). The van der Waals surface area contributed by atoms with Gasteiger partial charge in [0.2, 0.25) is 0 Å². The summed E-state index contributed by atoms with van der Waals surface area (Å²) in [6, 6.07) is 19.8. The fourth-order valence-corrected chi connectivity index (χ4v) is 3.19. The van der Waals surface area contributed by atoms with Crippen molar-refractivity contribution in [3.63, 3.8) is 0 Å². The van der Waals surface area contributed by atoms with E-state index in [1.54, 1.807) is 18.2 Å². The zero-order valence-corrected chi connectivity index (χ0v) is 18.1. The molecule has 0 atom stereocenters. The molecule has 0 aliphatic heterocycles. The maximum atomic E-state index is 10.3. The van der Waals surface area contributed by atoms with E-state index >= 15 is 0 Å². The molecule has 28 heavy (non-hydrogen) atoms. The first kappa shape index (κ1) is 21.8. The zero-order chi connectivity index (χ0) is 20.9. The smallest absolute Gasteiger partial charge is 0.339 e. The molecule has 0 amide bonds. The molecule has 0 saturated heterocycles. The molecular weight excluding hydrogens is 467 g/mol. The van der Waals surface area contributed by atoms with Gasteiger partial charge in [0.1, 0.15) is 17.1 Å². The number of halogens is 1. The summed E-state index contributed by atoms with van der Waals surface area (Å²) >= 11 is 2.29. The molecule has 3 aromatic carbocycles. The molecular formula is C23H23IO4. The van der Waals surface area contributed by atoms with Crippen LogP contribution in [-0.4, -0.2) is 21.3 Å². The second kappa shape index (κ2) is 9.10. The largest absolute Gasteiger partial charge is 0.508 e. The average Bonchev–Trinajstić information content (AvgIpc) is 2.64. The Balaban J connectivity index is 0.000000237. The van der Waals surface area contributed by atoms with E-state index in [0.717, 1.165) is 14.7 Å². The van der Waals surface area contributed by atoms with E-state index in [1.807, 2.05) is 12.1 Å². The summed E-state index contributed by atoms with van der Waals surface area (Å²) in [7, 11) is 0. The van der Waals surface area contributed by atoms with E-state index in [4.69, 9.17) is 10.2 Å². The number of phenolic OH excluding ortho intramolecular Hbond substituents is 1. The Kier molecular flexibility index (Phi) is 7.07. The summed E-state index contributed by atoms with van der Waals surface area (Å²) in [5.74, 6) is -1.00. The number of rotatable bonds is 2. The van der Waals surface area contributed by atoms with Crippen LogP contribution in [0.25, 0.3) is 11.1 Å². The van der Waals surface area contributed by atoms with E-state index in [0.29, 0.717) is 5.75 Å². The van der Waals surface area contributed by atoms with E-state index in [-0.39, 0.29) is 16.7 Å². The van der Waals surface area contributed by atoms with Gasteiger partial charge in [0, 0.05) is 3.57 Å². The minimum Gasteiger partial charge on any atom is -0.508 e. The molecule has 3 N–H and O–H groups in total. The first-order valence-electron chi connectivity index (χ1n) is 8.70. The van der Waals surface area contributed by atoms with Crippen LogP contribution in [0.3, 0.4) is 0 Å². The number of hydrogen-bond acceptors (Lipinski definition) is 3. The molecule has 0 bridgehead atoms. The van der Waals surface area contributed by atoms with E-state index in [9.17, 15) is 9.90 Å². The third-order valence-electron chi connectivity index (χ3n) is 4.15. The van der Waals surface area contributed by atoms with Crippen LogP contribution >= 0.6 is 22.6 Å². The van der Waals surface area contributed by atoms with Gasteiger partial charge in [-0.05, 0) is 75.0 Å². The van der Waals surface area contributed by atoms with Crippen LogP contribution in [0, 0.1) is 3.57 Å². The quantitative estimate of drug-likeness (QED) is 0.382. The van der Waals surface area contributed by atoms with Gasteiger partial charge >= 0.3 is 5.97 Å².